The van der Waals surface area contributed by atoms with Crippen molar-refractivity contribution in [2.75, 3.05) is 26.2 Å². The molecular weight excluding hydrogens is 291 g/mol. The van der Waals surface area contributed by atoms with Crippen LogP contribution in [-0.2, 0) is 11.3 Å². The van der Waals surface area contributed by atoms with Gasteiger partial charge in [0.1, 0.15) is 5.82 Å². The number of likely N-dealkylation sites (tertiary alicyclic amines) is 2. The zero-order chi connectivity index (χ0) is 15.9. The van der Waals surface area contributed by atoms with Crippen molar-refractivity contribution in [3.05, 3.63) is 35.6 Å². The molecule has 4 heteroatoms. The predicted octanol–water partition coefficient (Wildman–Crippen LogP) is 3.05. The van der Waals surface area contributed by atoms with Crippen LogP contribution in [-0.4, -0.2) is 41.9 Å². The third-order valence-electron chi connectivity index (χ3n) is 5.76. The molecule has 1 aliphatic carbocycles. The van der Waals surface area contributed by atoms with E-state index in [2.05, 4.69) is 4.90 Å². The minimum atomic E-state index is -0.221. The van der Waals surface area contributed by atoms with E-state index in [-0.39, 0.29) is 11.2 Å². The number of nitrogens with zero attached hydrogens (tertiary/aromatic N) is 2. The molecule has 1 spiro atoms. The van der Waals surface area contributed by atoms with Gasteiger partial charge in [0.25, 0.3) is 0 Å². The van der Waals surface area contributed by atoms with E-state index >= 15 is 0 Å². The highest BCUT2D eigenvalue weighted by atomic mass is 19.1. The Morgan fingerprint density at radius 2 is 1.91 bits per heavy atom. The van der Waals surface area contributed by atoms with Crippen molar-refractivity contribution in [3.63, 3.8) is 0 Å². The third-order valence-corrected chi connectivity index (χ3v) is 5.76. The molecule has 0 N–H and O–H groups in total. The lowest BCUT2D eigenvalue weighted by Crippen LogP contribution is -2.49. The largest absolute Gasteiger partial charge is 0.338 e. The second-order valence-corrected chi connectivity index (χ2v) is 7.67. The Bertz CT molecular complexity index is 584. The second-order valence-electron chi connectivity index (χ2n) is 7.67. The monoisotopic (exact) mass is 316 g/mol. The van der Waals surface area contributed by atoms with Gasteiger partial charge in [0.05, 0.1) is 5.41 Å². The molecule has 124 valence electrons. The van der Waals surface area contributed by atoms with Gasteiger partial charge in [-0.2, -0.15) is 0 Å². The summed E-state index contributed by atoms with van der Waals surface area (Å²) >= 11 is 0. The van der Waals surface area contributed by atoms with Gasteiger partial charge in [-0.25, -0.2) is 4.39 Å². The van der Waals surface area contributed by atoms with Crippen LogP contribution in [0.2, 0.25) is 0 Å². The molecule has 0 radical (unpaired) electrons. The van der Waals surface area contributed by atoms with Gasteiger partial charge in [0, 0.05) is 26.2 Å². The van der Waals surface area contributed by atoms with Crippen molar-refractivity contribution >= 4 is 5.91 Å². The van der Waals surface area contributed by atoms with E-state index in [4.69, 9.17) is 0 Å². The Morgan fingerprint density at radius 1 is 1.13 bits per heavy atom. The lowest BCUT2D eigenvalue weighted by atomic mass is 9.78. The van der Waals surface area contributed by atoms with Crippen molar-refractivity contribution in [2.45, 2.75) is 38.6 Å². The van der Waals surface area contributed by atoms with Crippen molar-refractivity contribution in [3.8, 4) is 0 Å². The third kappa shape index (κ3) is 3.14. The number of hydrogen-bond acceptors (Lipinski definition) is 2. The van der Waals surface area contributed by atoms with E-state index < -0.39 is 0 Å². The normalized spacial score (nSPS) is 28.7. The highest BCUT2D eigenvalue weighted by molar-refractivity contribution is 5.84. The molecule has 0 aromatic heterocycles. The Kier molecular flexibility index (Phi) is 3.88. The second kappa shape index (κ2) is 5.90. The van der Waals surface area contributed by atoms with Crippen molar-refractivity contribution in [1.82, 2.24) is 9.80 Å². The van der Waals surface area contributed by atoms with Gasteiger partial charge in [0.15, 0.2) is 0 Å². The van der Waals surface area contributed by atoms with Gasteiger partial charge in [-0.05, 0) is 62.3 Å². The molecule has 1 unspecified atom stereocenters. The number of halogens is 1. The van der Waals surface area contributed by atoms with Gasteiger partial charge in [-0.1, -0.05) is 12.1 Å². The first-order valence-electron chi connectivity index (χ1n) is 8.91. The van der Waals surface area contributed by atoms with Crippen LogP contribution in [0, 0.1) is 17.2 Å². The maximum absolute atomic E-state index is 13.1. The van der Waals surface area contributed by atoms with E-state index in [0.717, 1.165) is 50.4 Å². The average molecular weight is 316 g/mol. The molecular formula is C19H25FN2O. The summed E-state index contributed by atoms with van der Waals surface area (Å²) in [5, 5.41) is 0. The molecule has 1 aromatic carbocycles. The first-order valence-corrected chi connectivity index (χ1v) is 8.91. The minimum absolute atomic E-state index is 0.146. The number of rotatable bonds is 4. The smallest absolute Gasteiger partial charge is 0.230 e. The standard InChI is InChI=1S/C19H25FN2O/c20-17-6-4-16(5-7-17)13-22-10-1-8-19(18(22)23)9-11-21(14-19)12-15-2-3-15/h4-7,15H,1-3,8-14H2. The highest BCUT2D eigenvalue weighted by Gasteiger charge is 2.48. The molecule has 1 atom stereocenters. The molecule has 2 saturated heterocycles. The zero-order valence-corrected chi connectivity index (χ0v) is 13.6. The van der Waals surface area contributed by atoms with E-state index in [0.29, 0.717) is 12.5 Å². The van der Waals surface area contributed by atoms with Crippen molar-refractivity contribution < 1.29 is 9.18 Å². The van der Waals surface area contributed by atoms with Crippen LogP contribution in [0.5, 0.6) is 0 Å². The molecule has 2 heterocycles. The van der Waals surface area contributed by atoms with Crippen LogP contribution in [0.1, 0.15) is 37.7 Å². The first kappa shape index (κ1) is 15.1. The fourth-order valence-electron chi connectivity index (χ4n) is 4.27. The topological polar surface area (TPSA) is 23.6 Å². The number of hydrogen-bond donors (Lipinski definition) is 0. The van der Waals surface area contributed by atoms with Crippen LogP contribution in [0.3, 0.4) is 0 Å². The molecule has 1 saturated carbocycles. The number of amides is 1. The van der Waals surface area contributed by atoms with E-state index in [1.165, 1.54) is 31.5 Å². The molecule has 0 bridgehead atoms. The SMILES string of the molecule is O=C1N(Cc2ccc(F)cc2)CCCC12CCN(CC1CC1)C2. The fourth-order valence-corrected chi connectivity index (χ4v) is 4.27. The van der Waals surface area contributed by atoms with Crippen LogP contribution in [0.4, 0.5) is 4.39 Å². The molecule has 1 amide bonds. The minimum Gasteiger partial charge on any atom is -0.338 e. The Labute approximate surface area is 137 Å². The zero-order valence-electron chi connectivity index (χ0n) is 13.6. The fraction of sp³-hybridized carbons (Fsp3) is 0.632. The lowest BCUT2D eigenvalue weighted by molar-refractivity contribution is -0.146. The molecule has 3 fully saturated rings. The van der Waals surface area contributed by atoms with Gasteiger partial charge >= 0.3 is 0 Å². The van der Waals surface area contributed by atoms with Crippen LogP contribution < -0.4 is 0 Å². The van der Waals surface area contributed by atoms with Crippen molar-refractivity contribution in [1.29, 1.82) is 0 Å². The Balaban J connectivity index is 1.43. The summed E-state index contributed by atoms with van der Waals surface area (Å²) in [7, 11) is 0. The number of piperidine rings is 1. The summed E-state index contributed by atoms with van der Waals surface area (Å²) in [5.74, 6) is 0.993. The maximum atomic E-state index is 13.1. The van der Waals surface area contributed by atoms with Crippen molar-refractivity contribution in [2.24, 2.45) is 11.3 Å². The van der Waals surface area contributed by atoms with Crippen LogP contribution in [0.15, 0.2) is 24.3 Å². The van der Waals surface area contributed by atoms with Gasteiger partial charge < -0.3 is 9.80 Å². The first-order chi connectivity index (χ1) is 11.1. The predicted molar refractivity (Wildman–Crippen MR) is 87.3 cm³/mol. The molecule has 23 heavy (non-hydrogen) atoms. The molecule has 3 nitrogen and oxygen atoms in total. The van der Waals surface area contributed by atoms with E-state index in [1.54, 1.807) is 12.1 Å². The maximum Gasteiger partial charge on any atom is 0.230 e. The summed E-state index contributed by atoms with van der Waals surface area (Å²) < 4.78 is 13.0. The number of benzene rings is 1. The van der Waals surface area contributed by atoms with Gasteiger partial charge in [-0.3, -0.25) is 4.79 Å². The van der Waals surface area contributed by atoms with Gasteiger partial charge in [-0.15, -0.1) is 0 Å². The van der Waals surface area contributed by atoms with E-state index in [9.17, 15) is 9.18 Å². The Morgan fingerprint density at radius 3 is 2.65 bits per heavy atom. The number of carbonyl (C=O) groups is 1. The summed E-state index contributed by atoms with van der Waals surface area (Å²) in [6.07, 6.45) is 5.87. The van der Waals surface area contributed by atoms with Crippen LogP contribution in [0.25, 0.3) is 0 Å². The summed E-state index contributed by atoms with van der Waals surface area (Å²) in [6.45, 7) is 4.66. The van der Waals surface area contributed by atoms with Crippen LogP contribution >= 0.6 is 0 Å². The summed E-state index contributed by atoms with van der Waals surface area (Å²) in [4.78, 5) is 17.6. The summed E-state index contributed by atoms with van der Waals surface area (Å²) in [5.41, 5.74) is 0.873. The molecule has 1 aromatic rings. The lowest BCUT2D eigenvalue weighted by Gasteiger charge is -2.39. The quantitative estimate of drug-likeness (QED) is 0.852. The average Bonchev–Trinajstić information content (AvgIpc) is 3.27. The number of carbonyl (C=O) groups excluding carboxylic acids is 1. The molecule has 3 aliphatic rings. The van der Waals surface area contributed by atoms with E-state index in [1.807, 2.05) is 4.90 Å². The molecule has 4 rings (SSSR count). The summed E-state index contributed by atoms with van der Waals surface area (Å²) in [6, 6.07) is 6.54. The van der Waals surface area contributed by atoms with Gasteiger partial charge in [0.2, 0.25) is 5.91 Å². The molecule has 2 aliphatic heterocycles. The Hall–Kier alpha value is -1.42. The highest BCUT2D eigenvalue weighted by Crippen LogP contribution is 2.42.